The van der Waals surface area contributed by atoms with Gasteiger partial charge in [0.05, 0.1) is 18.5 Å². The minimum atomic E-state index is -3.57. The van der Waals surface area contributed by atoms with E-state index in [2.05, 4.69) is 6.07 Å². The fraction of sp³-hybridized carbons (Fsp3) is 0.240. The van der Waals surface area contributed by atoms with Crippen molar-refractivity contribution in [3.8, 4) is 5.75 Å². The highest BCUT2D eigenvalue weighted by Gasteiger charge is 2.21. The lowest BCUT2D eigenvalue weighted by molar-refractivity contribution is -0.134. The first-order chi connectivity index (χ1) is 15.8. The second kappa shape index (κ2) is 9.62. The number of halogens is 1. The lowest BCUT2D eigenvalue weighted by Crippen LogP contribution is -2.38. The lowest BCUT2D eigenvalue weighted by Gasteiger charge is -2.28. The molecule has 3 aromatic carbocycles. The summed E-state index contributed by atoms with van der Waals surface area (Å²) in [5.41, 5.74) is 3.54. The lowest BCUT2D eigenvalue weighted by atomic mass is 10.00. The summed E-state index contributed by atoms with van der Waals surface area (Å²) in [4.78, 5) is 14.4. The van der Waals surface area contributed by atoms with Gasteiger partial charge in [0.2, 0.25) is 10.0 Å². The van der Waals surface area contributed by atoms with Crippen LogP contribution < -0.4 is 9.04 Å². The minimum Gasteiger partial charge on any atom is -0.484 e. The maximum Gasteiger partial charge on any atom is 0.260 e. The van der Waals surface area contributed by atoms with Gasteiger partial charge in [0, 0.05) is 13.1 Å². The van der Waals surface area contributed by atoms with Gasteiger partial charge in [0.15, 0.2) is 6.61 Å². The van der Waals surface area contributed by atoms with Crippen LogP contribution in [0.25, 0.3) is 0 Å². The average molecular weight is 469 g/mol. The number of fused-ring (bicyclic) bond motifs is 1. The summed E-state index contributed by atoms with van der Waals surface area (Å²) < 4.78 is 44.7. The molecule has 1 aliphatic heterocycles. The van der Waals surface area contributed by atoms with Gasteiger partial charge in [-0.1, -0.05) is 36.4 Å². The zero-order valence-electron chi connectivity index (χ0n) is 18.3. The summed E-state index contributed by atoms with van der Waals surface area (Å²) in [6.45, 7) is 1.22. The largest absolute Gasteiger partial charge is 0.484 e. The van der Waals surface area contributed by atoms with Crippen LogP contribution >= 0.6 is 0 Å². The molecule has 0 fully saturated rings. The Morgan fingerprint density at radius 2 is 1.67 bits per heavy atom. The van der Waals surface area contributed by atoms with E-state index in [-0.39, 0.29) is 24.9 Å². The summed E-state index contributed by atoms with van der Waals surface area (Å²) in [5, 5.41) is 0. The third-order valence-electron chi connectivity index (χ3n) is 5.61. The van der Waals surface area contributed by atoms with Crippen LogP contribution in [0.5, 0.6) is 5.75 Å². The highest BCUT2D eigenvalue weighted by Crippen LogP contribution is 2.24. The van der Waals surface area contributed by atoms with Gasteiger partial charge in [-0.15, -0.1) is 0 Å². The number of rotatable bonds is 7. The molecule has 3 aromatic rings. The predicted molar refractivity (Wildman–Crippen MR) is 125 cm³/mol. The first-order valence-corrected chi connectivity index (χ1v) is 12.4. The van der Waals surface area contributed by atoms with Gasteiger partial charge < -0.3 is 9.64 Å². The maximum absolute atomic E-state index is 13.2. The summed E-state index contributed by atoms with van der Waals surface area (Å²) in [5.74, 6) is -0.00291. The van der Waals surface area contributed by atoms with Crippen LogP contribution in [-0.2, 0) is 34.3 Å². The molecule has 0 saturated carbocycles. The number of nitrogens with zero attached hydrogens (tertiary/aromatic N) is 2. The standard InChI is InChI=1S/C25H25FN2O4S/c1-33(30,31)28(16-19-6-8-22(26)9-7-19)23-10-12-24(13-11-23)32-18-25(29)27-15-14-20-4-2-3-5-21(20)17-27/h2-13H,14-18H2,1H3. The molecule has 0 radical (unpaired) electrons. The molecule has 0 bridgehead atoms. The number of anilines is 1. The van der Waals surface area contributed by atoms with Crippen LogP contribution in [0.4, 0.5) is 10.1 Å². The molecule has 1 heterocycles. The first-order valence-electron chi connectivity index (χ1n) is 10.6. The van der Waals surface area contributed by atoms with Crippen molar-refractivity contribution in [3.63, 3.8) is 0 Å². The summed E-state index contributed by atoms with van der Waals surface area (Å²) in [6.07, 6.45) is 1.95. The molecule has 0 spiro atoms. The zero-order chi connectivity index (χ0) is 23.4. The molecule has 6 nitrogen and oxygen atoms in total. The highest BCUT2D eigenvalue weighted by molar-refractivity contribution is 7.92. The summed E-state index contributed by atoms with van der Waals surface area (Å²) in [6, 6.07) is 20.3. The van der Waals surface area contributed by atoms with Gasteiger partial charge in [-0.05, 0) is 59.5 Å². The van der Waals surface area contributed by atoms with Crippen molar-refractivity contribution in [2.24, 2.45) is 0 Å². The van der Waals surface area contributed by atoms with Crippen molar-refractivity contribution in [2.45, 2.75) is 19.5 Å². The van der Waals surface area contributed by atoms with Crippen molar-refractivity contribution >= 4 is 21.6 Å². The number of benzene rings is 3. The van der Waals surface area contributed by atoms with Gasteiger partial charge in [-0.25, -0.2) is 12.8 Å². The monoisotopic (exact) mass is 468 g/mol. The fourth-order valence-corrected chi connectivity index (χ4v) is 4.70. The summed E-state index contributed by atoms with van der Waals surface area (Å²) >= 11 is 0. The molecule has 0 atom stereocenters. The molecule has 0 unspecified atom stereocenters. The molecule has 1 amide bonds. The molecule has 33 heavy (non-hydrogen) atoms. The Kier molecular flexibility index (Phi) is 6.65. The molecular formula is C25H25FN2O4S. The third kappa shape index (κ3) is 5.70. The Labute approximate surface area is 193 Å². The molecule has 0 aliphatic carbocycles. The van der Waals surface area contributed by atoms with E-state index >= 15 is 0 Å². The number of sulfonamides is 1. The van der Waals surface area contributed by atoms with Crippen LogP contribution in [0.2, 0.25) is 0 Å². The van der Waals surface area contributed by atoms with Crippen molar-refractivity contribution < 1.29 is 22.3 Å². The zero-order valence-corrected chi connectivity index (χ0v) is 19.1. The number of carbonyl (C=O) groups excluding carboxylic acids is 1. The van der Waals surface area contributed by atoms with Gasteiger partial charge in [0.25, 0.3) is 5.91 Å². The Morgan fingerprint density at radius 3 is 2.33 bits per heavy atom. The number of hydrogen-bond donors (Lipinski definition) is 0. The smallest absolute Gasteiger partial charge is 0.260 e. The van der Waals surface area contributed by atoms with E-state index in [0.717, 1.165) is 18.2 Å². The van der Waals surface area contributed by atoms with Crippen LogP contribution in [-0.4, -0.2) is 38.6 Å². The van der Waals surface area contributed by atoms with Crippen molar-refractivity contribution in [3.05, 3.63) is 95.3 Å². The van der Waals surface area contributed by atoms with Gasteiger partial charge in [-0.2, -0.15) is 0 Å². The van der Waals surface area contributed by atoms with Crippen molar-refractivity contribution in [1.29, 1.82) is 0 Å². The second-order valence-electron chi connectivity index (χ2n) is 8.01. The number of carbonyl (C=O) groups is 1. The average Bonchev–Trinajstić information content (AvgIpc) is 2.81. The fourth-order valence-electron chi connectivity index (χ4n) is 3.81. The van der Waals surface area contributed by atoms with E-state index in [1.165, 1.54) is 22.0 Å². The quantitative estimate of drug-likeness (QED) is 0.530. The van der Waals surface area contributed by atoms with E-state index in [1.54, 1.807) is 41.3 Å². The molecular weight excluding hydrogens is 443 g/mol. The van der Waals surface area contributed by atoms with E-state index in [1.807, 2.05) is 18.2 Å². The molecule has 0 saturated heterocycles. The highest BCUT2D eigenvalue weighted by atomic mass is 32.2. The van der Waals surface area contributed by atoms with Crippen LogP contribution in [0.15, 0.2) is 72.8 Å². The minimum absolute atomic E-state index is 0.0776. The Hall–Kier alpha value is -3.39. The molecule has 4 rings (SSSR count). The van der Waals surface area contributed by atoms with Crippen LogP contribution in [0.3, 0.4) is 0 Å². The van der Waals surface area contributed by atoms with Gasteiger partial charge in [-0.3, -0.25) is 9.10 Å². The Balaban J connectivity index is 1.38. The number of amides is 1. The summed E-state index contributed by atoms with van der Waals surface area (Å²) in [7, 11) is -3.57. The molecule has 8 heteroatoms. The Bertz CT molecular complexity index is 1230. The van der Waals surface area contributed by atoms with Crippen molar-refractivity contribution in [1.82, 2.24) is 4.90 Å². The van der Waals surface area contributed by atoms with E-state index in [4.69, 9.17) is 4.74 Å². The molecule has 0 aromatic heterocycles. The third-order valence-corrected chi connectivity index (χ3v) is 6.75. The van der Waals surface area contributed by atoms with Gasteiger partial charge >= 0.3 is 0 Å². The van der Waals surface area contributed by atoms with E-state index < -0.39 is 10.0 Å². The topological polar surface area (TPSA) is 66.9 Å². The molecule has 172 valence electrons. The van der Waals surface area contributed by atoms with Crippen LogP contribution in [0, 0.1) is 5.82 Å². The second-order valence-corrected chi connectivity index (χ2v) is 9.92. The van der Waals surface area contributed by atoms with E-state index in [0.29, 0.717) is 30.1 Å². The first kappa shape index (κ1) is 22.8. The van der Waals surface area contributed by atoms with Gasteiger partial charge in [0.1, 0.15) is 11.6 Å². The number of hydrogen-bond acceptors (Lipinski definition) is 4. The maximum atomic E-state index is 13.2. The SMILES string of the molecule is CS(=O)(=O)N(Cc1ccc(F)cc1)c1ccc(OCC(=O)N2CCc3ccccc3C2)cc1. The Morgan fingerprint density at radius 1 is 1.00 bits per heavy atom. The van der Waals surface area contributed by atoms with Crippen LogP contribution in [0.1, 0.15) is 16.7 Å². The number of ether oxygens (including phenoxy) is 1. The predicted octanol–water partition coefficient (Wildman–Crippen LogP) is 3.76. The molecule has 1 aliphatic rings. The van der Waals surface area contributed by atoms with E-state index in [9.17, 15) is 17.6 Å². The molecule has 0 N–H and O–H groups in total. The van der Waals surface area contributed by atoms with Crippen molar-refractivity contribution in [2.75, 3.05) is 23.7 Å². The normalized spacial score (nSPS) is 13.3.